The Morgan fingerprint density at radius 2 is 1.71 bits per heavy atom. The van der Waals surface area contributed by atoms with Gasteiger partial charge in [0.15, 0.2) is 0 Å². The highest BCUT2D eigenvalue weighted by molar-refractivity contribution is 7.89. The molecule has 180 valence electrons. The van der Waals surface area contributed by atoms with Crippen molar-refractivity contribution >= 4 is 33.8 Å². The zero-order valence-electron chi connectivity index (χ0n) is 20.2. The third-order valence-electron chi connectivity index (χ3n) is 7.11. The van der Waals surface area contributed by atoms with Gasteiger partial charge < -0.3 is 19.0 Å². The van der Waals surface area contributed by atoms with Gasteiger partial charge in [-0.15, -0.1) is 0 Å². The van der Waals surface area contributed by atoms with Crippen molar-refractivity contribution in [1.29, 1.82) is 0 Å². The van der Waals surface area contributed by atoms with Gasteiger partial charge in [-0.1, -0.05) is 6.07 Å². The van der Waals surface area contributed by atoms with Gasteiger partial charge in [-0.3, -0.25) is 0 Å². The van der Waals surface area contributed by atoms with E-state index in [0.717, 1.165) is 33.3 Å². The molecule has 5 rings (SSSR count). The lowest BCUT2D eigenvalue weighted by Gasteiger charge is -2.32. The Morgan fingerprint density at radius 1 is 1.03 bits per heavy atom. The molecule has 2 aliphatic rings. The van der Waals surface area contributed by atoms with Gasteiger partial charge in [0.25, 0.3) is 0 Å². The number of ether oxygens (including phenoxy) is 1. The molecule has 2 aromatic heterocycles. The van der Waals surface area contributed by atoms with E-state index in [4.69, 9.17) is 14.0 Å². The van der Waals surface area contributed by atoms with Crippen LogP contribution in [0.2, 0.25) is 0 Å². The standard InChI is InChI=1S/C24H30BN3O5S/c1-16-12-19(34(29,30)28-8-10-31-11-9-28)6-7-20(16)18-13-17-14-21(27-22(17)26-15-18)25-32-23(2,3)24(4,5)33-25/h6-7,12-15H,8-11H2,1-5H3,(H,26,27). The Bertz CT molecular complexity index is 1330. The number of benzene rings is 1. The third kappa shape index (κ3) is 3.97. The van der Waals surface area contributed by atoms with Crippen molar-refractivity contribution in [3.05, 3.63) is 42.1 Å². The molecule has 0 radical (unpaired) electrons. The number of hydrogen-bond acceptors (Lipinski definition) is 6. The Hall–Kier alpha value is -2.24. The van der Waals surface area contributed by atoms with Crippen LogP contribution in [0.4, 0.5) is 0 Å². The molecule has 0 atom stereocenters. The van der Waals surface area contributed by atoms with Crippen molar-refractivity contribution in [2.45, 2.75) is 50.7 Å². The summed E-state index contributed by atoms with van der Waals surface area (Å²) in [5.41, 5.74) is 3.45. The van der Waals surface area contributed by atoms with Gasteiger partial charge in [0, 0.05) is 35.8 Å². The number of nitrogens with zero attached hydrogens (tertiary/aromatic N) is 2. The van der Waals surface area contributed by atoms with Crippen LogP contribution in [0.5, 0.6) is 0 Å². The predicted molar refractivity (Wildman–Crippen MR) is 132 cm³/mol. The van der Waals surface area contributed by atoms with E-state index in [1.54, 1.807) is 18.3 Å². The Labute approximate surface area is 200 Å². The Balaban J connectivity index is 1.43. The number of aromatic nitrogens is 2. The number of sulfonamides is 1. The van der Waals surface area contributed by atoms with E-state index in [2.05, 4.69) is 9.97 Å². The van der Waals surface area contributed by atoms with E-state index >= 15 is 0 Å². The number of aryl methyl sites for hydroxylation is 1. The van der Waals surface area contributed by atoms with Crippen molar-refractivity contribution in [2.24, 2.45) is 0 Å². The molecule has 4 heterocycles. The molecule has 0 saturated carbocycles. The molecule has 10 heteroatoms. The zero-order chi connectivity index (χ0) is 24.3. The van der Waals surface area contributed by atoms with E-state index in [9.17, 15) is 8.42 Å². The van der Waals surface area contributed by atoms with Crippen LogP contribution in [0.15, 0.2) is 41.4 Å². The fraction of sp³-hybridized carbons (Fsp3) is 0.458. The predicted octanol–water partition coefficient (Wildman–Crippen LogP) is 2.86. The molecule has 1 N–H and O–H groups in total. The lowest BCUT2D eigenvalue weighted by molar-refractivity contribution is 0.00578. The summed E-state index contributed by atoms with van der Waals surface area (Å²) in [6, 6.07) is 9.31. The topological polar surface area (TPSA) is 93.8 Å². The van der Waals surface area contributed by atoms with Gasteiger partial charge in [0.05, 0.1) is 29.3 Å². The molecule has 0 aliphatic carbocycles. The number of rotatable bonds is 4. The van der Waals surface area contributed by atoms with Crippen LogP contribution in [-0.2, 0) is 24.1 Å². The van der Waals surface area contributed by atoms with Gasteiger partial charge in [0.1, 0.15) is 5.65 Å². The van der Waals surface area contributed by atoms with Crippen LogP contribution < -0.4 is 5.59 Å². The maximum atomic E-state index is 13.0. The summed E-state index contributed by atoms with van der Waals surface area (Å²) in [6.45, 7) is 11.6. The summed E-state index contributed by atoms with van der Waals surface area (Å²) < 4.78 is 45.1. The SMILES string of the molecule is Cc1cc(S(=O)(=O)N2CCOCC2)ccc1-c1cnc2[nH]c(B3OC(C)(C)C(C)(C)O3)cc2c1. The van der Waals surface area contributed by atoms with Crippen LogP contribution in [0.25, 0.3) is 22.2 Å². The van der Waals surface area contributed by atoms with E-state index in [1.807, 2.05) is 52.8 Å². The smallest absolute Gasteiger partial charge is 0.398 e. The second-order valence-electron chi connectivity index (χ2n) is 9.97. The van der Waals surface area contributed by atoms with Crippen molar-refractivity contribution in [2.75, 3.05) is 26.3 Å². The first kappa shape index (κ1) is 23.5. The molecule has 2 saturated heterocycles. The quantitative estimate of drug-likeness (QED) is 0.574. The van der Waals surface area contributed by atoms with Gasteiger partial charge in [0.2, 0.25) is 10.0 Å². The highest BCUT2D eigenvalue weighted by Crippen LogP contribution is 2.36. The van der Waals surface area contributed by atoms with E-state index < -0.39 is 28.3 Å². The minimum absolute atomic E-state index is 0.300. The second kappa shape index (κ2) is 8.17. The summed E-state index contributed by atoms with van der Waals surface area (Å²) in [6.07, 6.45) is 1.80. The molecule has 3 aromatic rings. The lowest BCUT2D eigenvalue weighted by atomic mass is 9.85. The van der Waals surface area contributed by atoms with Crippen molar-refractivity contribution in [1.82, 2.24) is 14.3 Å². The van der Waals surface area contributed by atoms with Crippen LogP contribution in [0.3, 0.4) is 0 Å². The number of fused-ring (bicyclic) bond motifs is 1. The van der Waals surface area contributed by atoms with E-state index in [0.29, 0.717) is 31.2 Å². The highest BCUT2D eigenvalue weighted by atomic mass is 32.2. The first-order chi connectivity index (χ1) is 16.0. The molecule has 2 fully saturated rings. The summed E-state index contributed by atoms with van der Waals surface area (Å²) in [5, 5.41) is 0.937. The first-order valence-electron chi connectivity index (χ1n) is 11.5. The van der Waals surface area contributed by atoms with Crippen molar-refractivity contribution in [3.8, 4) is 11.1 Å². The highest BCUT2D eigenvalue weighted by Gasteiger charge is 2.52. The minimum Gasteiger partial charge on any atom is -0.398 e. The van der Waals surface area contributed by atoms with Gasteiger partial charge >= 0.3 is 7.12 Å². The summed E-state index contributed by atoms with van der Waals surface area (Å²) >= 11 is 0. The summed E-state index contributed by atoms with van der Waals surface area (Å²) in [4.78, 5) is 8.22. The fourth-order valence-corrected chi connectivity index (χ4v) is 5.83. The molecule has 8 nitrogen and oxygen atoms in total. The maximum absolute atomic E-state index is 13.0. The van der Waals surface area contributed by atoms with Crippen LogP contribution in [-0.4, -0.2) is 67.3 Å². The molecule has 0 spiro atoms. The number of morpholine rings is 1. The minimum atomic E-state index is -3.54. The van der Waals surface area contributed by atoms with Crippen LogP contribution in [0, 0.1) is 6.92 Å². The molecule has 0 bridgehead atoms. The first-order valence-corrected chi connectivity index (χ1v) is 13.0. The molecular formula is C24H30BN3O5S. The summed E-state index contributed by atoms with van der Waals surface area (Å²) in [7, 11) is -4.03. The molecule has 1 aromatic carbocycles. The normalized spacial score (nSPS) is 20.8. The van der Waals surface area contributed by atoms with Gasteiger partial charge in [-0.05, 0) is 70.0 Å². The lowest BCUT2D eigenvalue weighted by Crippen LogP contribution is -2.41. The molecule has 2 aliphatic heterocycles. The number of aromatic amines is 1. The Morgan fingerprint density at radius 3 is 2.35 bits per heavy atom. The number of hydrogen-bond donors (Lipinski definition) is 1. The van der Waals surface area contributed by atoms with Crippen molar-refractivity contribution < 1.29 is 22.5 Å². The fourth-order valence-electron chi connectivity index (χ4n) is 4.34. The average Bonchev–Trinajstić information content (AvgIpc) is 3.31. The van der Waals surface area contributed by atoms with E-state index in [1.165, 1.54) is 4.31 Å². The van der Waals surface area contributed by atoms with Crippen molar-refractivity contribution in [3.63, 3.8) is 0 Å². The number of nitrogens with one attached hydrogen (secondary N) is 1. The Kier molecular flexibility index (Phi) is 5.65. The monoisotopic (exact) mass is 483 g/mol. The second-order valence-corrected chi connectivity index (χ2v) is 11.9. The zero-order valence-corrected chi connectivity index (χ0v) is 21.0. The average molecular weight is 483 g/mol. The maximum Gasteiger partial charge on any atom is 0.512 e. The molecule has 0 unspecified atom stereocenters. The number of pyridine rings is 1. The van der Waals surface area contributed by atoms with Gasteiger partial charge in [-0.25, -0.2) is 13.4 Å². The molecular weight excluding hydrogens is 453 g/mol. The molecule has 0 amide bonds. The van der Waals surface area contributed by atoms with Crippen LogP contribution in [0.1, 0.15) is 33.3 Å². The third-order valence-corrected chi connectivity index (χ3v) is 9.01. The van der Waals surface area contributed by atoms with E-state index in [-0.39, 0.29) is 0 Å². The van der Waals surface area contributed by atoms with Gasteiger partial charge in [-0.2, -0.15) is 4.31 Å². The summed E-state index contributed by atoms with van der Waals surface area (Å²) in [5.74, 6) is 0. The van der Waals surface area contributed by atoms with Crippen LogP contribution >= 0.6 is 0 Å². The molecule has 34 heavy (non-hydrogen) atoms. The number of H-pyrrole nitrogens is 1. The largest absolute Gasteiger partial charge is 0.512 e.